The van der Waals surface area contributed by atoms with E-state index >= 15 is 0 Å². The molecule has 1 saturated carbocycles. The van der Waals surface area contributed by atoms with Crippen molar-refractivity contribution in [3.05, 3.63) is 0 Å². The van der Waals surface area contributed by atoms with Crippen LogP contribution in [0.4, 0.5) is 0 Å². The molecule has 0 bridgehead atoms. The highest BCUT2D eigenvalue weighted by molar-refractivity contribution is 6.40. The number of primary amides is 1. The zero-order valence-electron chi connectivity index (χ0n) is 7.42. The summed E-state index contributed by atoms with van der Waals surface area (Å²) >= 11 is 0. The smallest absolute Gasteiger partial charge is 0.287 e. The Labute approximate surface area is 75.7 Å². The number of carbonyl (C=O) groups excluding carboxylic acids is 3. The van der Waals surface area contributed by atoms with Crippen molar-refractivity contribution < 1.29 is 14.4 Å². The fourth-order valence-corrected chi connectivity index (χ4v) is 1.12. The molecule has 0 aromatic heterocycles. The quantitative estimate of drug-likeness (QED) is 0.555. The van der Waals surface area contributed by atoms with Crippen molar-refractivity contribution in [3.63, 3.8) is 0 Å². The van der Waals surface area contributed by atoms with Gasteiger partial charge in [-0.25, -0.2) is 0 Å². The number of ketones is 1. The fourth-order valence-electron chi connectivity index (χ4n) is 1.12. The number of nitrogens with two attached hydrogens (primary N) is 1. The van der Waals surface area contributed by atoms with E-state index in [1.807, 2.05) is 0 Å². The molecular formula is C8H12N2O3. The largest absolute Gasteiger partial charge is 0.363 e. The average Bonchev–Trinajstić information content (AvgIpc) is 2.84. The van der Waals surface area contributed by atoms with Crippen molar-refractivity contribution in [3.8, 4) is 0 Å². The molecule has 0 unspecified atom stereocenters. The maximum Gasteiger partial charge on any atom is 0.287 e. The van der Waals surface area contributed by atoms with E-state index in [2.05, 4.69) is 5.32 Å². The molecule has 1 aliphatic rings. The van der Waals surface area contributed by atoms with Crippen molar-refractivity contribution in [1.82, 2.24) is 5.32 Å². The summed E-state index contributed by atoms with van der Waals surface area (Å²) in [6.07, 6.45) is 1.33. The van der Waals surface area contributed by atoms with Crippen LogP contribution in [0.1, 0.15) is 26.2 Å². The van der Waals surface area contributed by atoms with Crippen molar-refractivity contribution in [1.29, 1.82) is 0 Å². The van der Waals surface area contributed by atoms with Crippen LogP contribution in [0.15, 0.2) is 0 Å². The molecule has 0 heterocycles. The lowest BCUT2D eigenvalue weighted by Crippen LogP contribution is -2.48. The molecule has 13 heavy (non-hydrogen) atoms. The highest BCUT2D eigenvalue weighted by atomic mass is 16.2. The van der Waals surface area contributed by atoms with E-state index in [-0.39, 0.29) is 5.91 Å². The zero-order valence-corrected chi connectivity index (χ0v) is 7.42. The van der Waals surface area contributed by atoms with E-state index in [4.69, 9.17) is 5.73 Å². The van der Waals surface area contributed by atoms with Crippen LogP contribution in [0, 0.1) is 0 Å². The van der Waals surface area contributed by atoms with Gasteiger partial charge in [0, 0.05) is 6.42 Å². The van der Waals surface area contributed by atoms with Crippen molar-refractivity contribution in [2.75, 3.05) is 0 Å². The van der Waals surface area contributed by atoms with Gasteiger partial charge in [0.2, 0.25) is 11.7 Å². The molecule has 0 aromatic carbocycles. The third-order valence-corrected chi connectivity index (χ3v) is 2.11. The van der Waals surface area contributed by atoms with Crippen LogP contribution in [0.2, 0.25) is 0 Å². The highest BCUT2D eigenvalue weighted by Crippen LogP contribution is 2.36. The van der Waals surface area contributed by atoms with Gasteiger partial charge in [0.25, 0.3) is 5.91 Å². The topological polar surface area (TPSA) is 89.3 Å². The van der Waals surface area contributed by atoms with Crippen LogP contribution in [-0.2, 0) is 14.4 Å². The standard InChI is InChI=1S/C8H12N2O3/c1-2-5(11)10-8(3-4-8)6(12)7(9)13/h2-4H2,1H3,(H2,9,13)(H,10,11). The molecule has 0 saturated heterocycles. The molecule has 0 atom stereocenters. The normalized spacial score (nSPS) is 17.6. The summed E-state index contributed by atoms with van der Waals surface area (Å²) in [4.78, 5) is 32.7. The SMILES string of the molecule is CCC(=O)NC1(C(=O)C(N)=O)CC1. The Morgan fingerprint density at radius 2 is 1.92 bits per heavy atom. The van der Waals surface area contributed by atoms with Crippen LogP contribution >= 0.6 is 0 Å². The van der Waals surface area contributed by atoms with Gasteiger partial charge in [-0.05, 0) is 12.8 Å². The third kappa shape index (κ3) is 1.85. The molecule has 0 spiro atoms. The number of nitrogens with one attached hydrogen (secondary N) is 1. The Balaban J connectivity index is 2.62. The van der Waals surface area contributed by atoms with Gasteiger partial charge in [-0.1, -0.05) is 6.92 Å². The second kappa shape index (κ2) is 3.16. The molecule has 3 N–H and O–H groups in total. The Hall–Kier alpha value is -1.39. The average molecular weight is 184 g/mol. The van der Waals surface area contributed by atoms with Crippen molar-refractivity contribution >= 4 is 17.6 Å². The van der Waals surface area contributed by atoms with Gasteiger partial charge < -0.3 is 11.1 Å². The maximum atomic E-state index is 11.2. The lowest BCUT2D eigenvalue weighted by atomic mass is 10.1. The summed E-state index contributed by atoms with van der Waals surface area (Å²) in [5.74, 6) is -1.89. The number of Topliss-reactive ketones (excluding diaryl/α,β-unsaturated/α-hetero) is 1. The zero-order chi connectivity index (χ0) is 10.1. The second-order valence-electron chi connectivity index (χ2n) is 3.18. The monoisotopic (exact) mass is 184 g/mol. The first-order valence-corrected chi connectivity index (χ1v) is 4.17. The molecule has 0 aromatic rings. The Morgan fingerprint density at radius 1 is 1.38 bits per heavy atom. The molecule has 5 nitrogen and oxygen atoms in total. The van der Waals surface area contributed by atoms with Gasteiger partial charge in [0.15, 0.2) is 0 Å². The minimum atomic E-state index is -0.978. The number of hydrogen-bond acceptors (Lipinski definition) is 3. The Kier molecular flexibility index (Phi) is 2.36. The summed E-state index contributed by atoms with van der Waals surface area (Å²) in [5, 5.41) is 2.51. The first-order chi connectivity index (χ1) is 6.02. The first-order valence-electron chi connectivity index (χ1n) is 4.17. The Bertz CT molecular complexity index is 269. The van der Waals surface area contributed by atoms with Crippen LogP contribution in [-0.4, -0.2) is 23.1 Å². The van der Waals surface area contributed by atoms with Gasteiger partial charge in [0.1, 0.15) is 5.54 Å². The molecule has 0 aliphatic heterocycles. The van der Waals surface area contributed by atoms with Crippen LogP contribution in [0.5, 0.6) is 0 Å². The molecule has 1 fully saturated rings. The molecular weight excluding hydrogens is 172 g/mol. The van der Waals surface area contributed by atoms with Crippen molar-refractivity contribution in [2.45, 2.75) is 31.7 Å². The number of carbonyl (C=O) groups is 3. The molecule has 2 amide bonds. The summed E-state index contributed by atoms with van der Waals surface area (Å²) in [6.45, 7) is 1.68. The van der Waals surface area contributed by atoms with E-state index < -0.39 is 17.2 Å². The summed E-state index contributed by atoms with van der Waals surface area (Å²) < 4.78 is 0. The van der Waals surface area contributed by atoms with E-state index in [9.17, 15) is 14.4 Å². The number of amides is 2. The molecule has 1 rings (SSSR count). The van der Waals surface area contributed by atoms with Gasteiger partial charge in [0.05, 0.1) is 0 Å². The fraction of sp³-hybridized carbons (Fsp3) is 0.625. The highest BCUT2D eigenvalue weighted by Gasteiger charge is 2.52. The molecule has 5 heteroatoms. The molecule has 72 valence electrons. The van der Waals surface area contributed by atoms with Gasteiger partial charge in [-0.3, -0.25) is 14.4 Å². The summed E-state index contributed by atoms with van der Waals surface area (Å²) in [6, 6.07) is 0. The lowest BCUT2D eigenvalue weighted by Gasteiger charge is -2.12. The van der Waals surface area contributed by atoms with Crippen LogP contribution < -0.4 is 11.1 Å². The Morgan fingerprint density at radius 3 is 2.23 bits per heavy atom. The third-order valence-electron chi connectivity index (χ3n) is 2.11. The predicted molar refractivity (Wildman–Crippen MR) is 44.6 cm³/mol. The van der Waals surface area contributed by atoms with Gasteiger partial charge in [-0.15, -0.1) is 0 Å². The summed E-state index contributed by atoms with van der Waals surface area (Å²) in [7, 11) is 0. The van der Waals surface area contributed by atoms with E-state index in [0.29, 0.717) is 19.3 Å². The second-order valence-corrected chi connectivity index (χ2v) is 3.18. The van der Waals surface area contributed by atoms with Gasteiger partial charge >= 0.3 is 0 Å². The maximum absolute atomic E-state index is 11.2. The van der Waals surface area contributed by atoms with Gasteiger partial charge in [-0.2, -0.15) is 0 Å². The minimum absolute atomic E-state index is 0.230. The van der Waals surface area contributed by atoms with Crippen LogP contribution in [0.25, 0.3) is 0 Å². The van der Waals surface area contributed by atoms with Crippen LogP contribution in [0.3, 0.4) is 0 Å². The molecule has 0 radical (unpaired) electrons. The summed E-state index contributed by atoms with van der Waals surface area (Å²) in [5.41, 5.74) is 3.88. The first kappa shape index (κ1) is 9.70. The van der Waals surface area contributed by atoms with E-state index in [1.165, 1.54) is 0 Å². The number of hydrogen-bond donors (Lipinski definition) is 2. The van der Waals surface area contributed by atoms with Crippen molar-refractivity contribution in [2.24, 2.45) is 5.73 Å². The van der Waals surface area contributed by atoms with E-state index in [1.54, 1.807) is 6.92 Å². The van der Waals surface area contributed by atoms with E-state index in [0.717, 1.165) is 0 Å². The predicted octanol–water partition coefficient (Wildman–Crippen LogP) is -0.900. The number of rotatable bonds is 4. The molecule has 1 aliphatic carbocycles. The minimum Gasteiger partial charge on any atom is -0.363 e. The lowest BCUT2D eigenvalue weighted by molar-refractivity contribution is -0.139.